The van der Waals surface area contributed by atoms with Crippen molar-refractivity contribution in [1.82, 2.24) is 9.97 Å². The van der Waals surface area contributed by atoms with Gasteiger partial charge in [0.1, 0.15) is 6.17 Å². The van der Waals surface area contributed by atoms with Gasteiger partial charge in [0.15, 0.2) is 0 Å². The summed E-state index contributed by atoms with van der Waals surface area (Å²) in [5.74, 6) is -1.21. The van der Waals surface area contributed by atoms with E-state index in [1.165, 1.54) is 6.07 Å². The van der Waals surface area contributed by atoms with Gasteiger partial charge in [-0.3, -0.25) is 0 Å². The highest BCUT2D eigenvalue weighted by Gasteiger charge is 2.36. The Morgan fingerprint density at radius 3 is 2.62 bits per heavy atom. The van der Waals surface area contributed by atoms with Gasteiger partial charge in [0.25, 0.3) is 0 Å². The molecular formula is C17H17F3N4O2. The largest absolute Gasteiger partial charge is 0.478 e. The molecule has 1 aliphatic heterocycles. The first kappa shape index (κ1) is 18.0. The number of nitrogens with one attached hydrogen (secondary N) is 1. The van der Waals surface area contributed by atoms with Gasteiger partial charge in [-0.25, -0.2) is 14.8 Å². The van der Waals surface area contributed by atoms with E-state index in [1.54, 1.807) is 23.4 Å². The van der Waals surface area contributed by atoms with E-state index in [1.807, 2.05) is 0 Å². The fourth-order valence-corrected chi connectivity index (χ4v) is 3.05. The molecular weight excluding hydrogens is 349 g/mol. The van der Waals surface area contributed by atoms with Crippen molar-refractivity contribution in [2.24, 2.45) is 0 Å². The molecule has 1 aromatic heterocycles. The lowest BCUT2D eigenvalue weighted by atomic mass is 10.0. The normalized spacial score (nSPS) is 17.8. The van der Waals surface area contributed by atoms with Crippen LogP contribution < -0.4 is 10.2 Å². The summed E-state index contributed by atoms with van der Waals surface area (Å²) in [4.78, 5) is 21.1. The molecule has 9 heteroatoms. The van der Waals surface area contributed by atoms with Crippen molar-refractivity contribution in [3.8, 4) is 0 Å². The number of alkyl halides is 3. The van der Waals surface area contributed by atoms with E-state index in [2.05, 4.69) is 15.3 Å². The number of nitrogens with zero attached hydrogens (tertiary/aromatic N) is 3. The molecule has 1 saturated heterocycles. The minimum Gasteiger partial charge on any atom is -0.478 e. The fraction of sp³-hybridized carbons (Fsp3) is 0.353. The molecule has 6 nitrogen and oxygen atoms in total. The van der Waals surface area contributed by atoms with Crippen LogP contribution in [-0.4, -0.2) is 33.8 Å². The lowest BCUT2D eigenvalue weighted by molar-refractivity contribution is -0.138. The SMILES string of the molecule is O=C(O)c1ccc(N2CCCCC2Nc2ncccn2)cc1C(F)(F)F. The second kappa shape index (κ2) is 7.19. The maximum Gasteiger partial charge on any atom is 0.417 e. The van der Waals surface area contributed by atoms with Gasteiger partial charge in [0, 0.05) is 24.6 Å². The third kappa shape index (κ3) is 3.87. The van der Waals surface area contributed by atoms with Crippen LogP contribution in [0.1, 0.15) is 35.2 Å². The van der Waals surface area contributed by atoms with Gasteiger partial charge >= 0.3 is 12.1 Å². The molecule has 2 N–H and O–H groups in total. The molecule has 0 saturated carbocycles. The Kier molecular flexibility index (Phi) is 4.97. The standard InChI is InChI=1S/C17H17F3N4O2/c18-17(19,20)13-10-11(5-6-12(13)15(25)26)24-9-2-1-4-14(24)23-16-21-7-3-8-22-16/h3,5-8,10,14H,1-2,4,9H2,(H,25,26)(H,21,22,23). The molecule has 1 atom stereocenters. The number of piperidine rings is 1. The summed E-state index contributed by atoms with van der Waals surface area (Å²) >= 11 is 0. The van der Waals surface area contributed by atoms with Crippen molar-refractivity contribution < 1.29 is 23.1 Å². The number of rotatable bonds is 4. The maximum absolute atomic E-state index is 13.3. The van der Waals surface area contributed by atoms with Crippen molar-refractivity contribution >= 4 is 17.6 Å². The van der Waals surface area contributed by atoms with E-state index in [4.69, 9.17) is 5.11 Å². The molecule has 138 valence electrons. The quantitative estimate of drug-likeness (QED) is 0.861. The second-order valence-corrected chi connectivity index (χ2v) is 5.95. The third-order valence-electron chi connectivity index (χ3n) is 4.23. The van der Waals surface area contributed by atoms with Gasteiger partial charge < -0.3 is 15.3 Å². The first-order chi connectivity index (χ1) is 12.4. The van der Waals surface area contributed by atoms with Crippen molar-refractivity contribution in [2.45, 2.75) is 31.6 Å². The Morgan fingerprint density at radius 2 is 1.96 bits per heavy atom. The van der Waals surface area contributed by atoms with E-state index in [-0.39, 0.29) is 6.17 Å². The number of carbonyl (C=O) groups is 1. The summed E-state index contributed by atoms with van der Waals surface area (Å²) in [6.45, 7) is 0.550. The summed E-state index contributed by atoms with van der Waals surface area (Å²) in [6.07, 6.45) is 0.585. The minimum absolute atomic E-state index is 0.275. The van der Waals surface area contributed by atoms with E-state index >= 15 is 0 Å². The van der Waals surface area contributed by atoms with Crippen LogP contribution in [0.15, 0.2) is 36.7 Å². The topological polar surface area (TPSA) is 78.4 Å². The molecule has 0 amide bonds. The monoisotopic (exact) mass is 366 g/mol. The molecule has 1 aliphatic rings. The number of aromatic carboxylic acids is 1. The van der Waals surface area contributed by atoms with Crippen LogP contribution in [0.5, 0.6) is 0 Å². The Balaban J connectivity index is 1.93. The zero-order valence-electron chi connectivity index (χ0n) is 13.7. The Bertz CT molecular complexity index is 783. The summed E-state index contributed by atoms with van der Waals surface area (Å²) in [6, 6.07) is 4.98. The van der Waals surface area contributed by atoms with Gasteiger partial charge in [-0.15, -0.1) is 0 Å². The first-order valence-corrected chi connectivity index (χ1v) is 8.11. The zero-order chi connectivity index (χ0) is 18.7. The summed E-state index contributed by atoms with van der Waals surface area (Å²) in [7, 11) is 0. The van der Waals surface area contributed by atoms with E-state index in [9.17, 15) is 18.0 Å². The average molecular weight is 366 g/mol. The molecule has 26 heavy (non-hydrogen) atoms. The average Bonchev–Trinajstić information content (AvgIpc) is 2.62. The zero-order valence-corrected chi connectivity index (χ0v) is 13.7. The summed E-state index contributed by atoms with van der Waals surface area (Å²) in [5.41, 5.74) is -1.59. The number of carboxylic acids is 1. The summed E-state index contributed by atoms with van der Waals surface area (Å²) in [5, 5.41) is 12.2. The molecule has 2 aromatic rings. The van der Waals surface area contributed by atoms with Crippen LogP contribution in [0, 0.1) is 0 Å². The van der Waals surface area contributed by atoms with Crippen molar-refractivity contribution in [3.63, 3.8) is 0 Å². The molecule has 0 radical (unpaired) electrons. The number of hydrogen-bond donors (Lipinski definition) is 2. The van der Waals surface area contributed by atoms with Crippen LogP contribution in [0.3, 0.4) is 0 Å². The van der Waals surface area contributed by atoms with Crippen LogP contribution in [0.4, 0.5) is 24.8 Å². The van der Waals surface area contributed by atoms with Crippen molar-refractivity contribution in [1.29, 1.82) is 0 Å². The lowest BCUT2D eigenvalue weighted by Crippen LogP contribution is -2.45. The Labute approximate surface area is 147 Å². The molecule has 2 heterocycles. The van der Waals surface area contributed by atoms with Gasteiger partial charge in [0.05, 0.1) is 11.1 Å². The number of hydrogen-bond acceptors (Lipinski definition) is 5. The fourth-order valence-electron chi connectivity index (χ4n) is 3.05. The van der Waals surface area contributed by atoms with Crippen LogP contribution in [0.2, 0.25) is 0 Å². The molecule has 1 unspecified atom stereocenters. The lowest BCUT2D eigenvalue weighted by Gasteiger charge is -2.38. The van der Waals surface area contributed by atoms with E-state index < -0.39 is 23.3 Å². The van der Waals surface area contributed by atoms with Crippen LogP contribution >= 0.6 is 0 Å². The maximum atomic E-state index is 13.3. The van der Waals surface area contributed by atoms with E-state index in [0.717, 1.165) is 25.0 Å². The van der Waals surface area contributed by atoms with Gasteiger partial charge in [0.2, 0.25) is 5.95 Å². The Morgan fingerprint density at radius 1 is 1.23 bits per heavy atom. The molecule has 0 spiro atoms. The molecule has 0 aliphatic carbocycles. The number of carboxylic acid groups (broad SMARTS) is 1. The molecule has 3 rings (SSSR count). The van der Waals surface area contributed by atoms with Crippen LogP contribution in [-0.2, 0) is 6.18 Å². The highest BCUT2D eigenvalue weighted by molar-refractivity contribution is 5.90. The minimum atomic E-state index is -4.75. The second-order valence-electron chi connectivity index (χ2n) is 5.95. The molecule has 0 bridgehead atoms. The highest BCUT2D eigenvalue weighted by atomic mass is 19.4. The van der Waals surface area contributed by atoms with Gasteiger partial charge in [-0.1, -0.05) is 0 Å². The number of aromatic nitrogens is 2. The predicted molar refractivity (Wildman–Crippen MR) is 89.0 cm³/mol. The summed E-state index contributed by atoms with van der Waals surface area (Å²) < 4.78 is 39.8. The van der Waals surface area contributed by atoms with Crippen molar-refractivity contribution in [3.05, 3.63) is 47.8 Å². The van der Waals surface area contributed by atoms with E-state index in [0.29, 0.717) is 24.6 Å². The Hall–Kier alpha value is -2.84. The third-order valence-corrected chi connectivity index (χ3v) is 4.23. The first-order valence-electron chi connectivity index (χ1n) is 8.11. The van der Waals surface area contributed by atoms with Crippen LogP contribution in [0.25, 0.3) is 0 Å². The molecule has 1 aromatic carbocycles. The number of anilines is 2. The smallest absolute Gasteiger partial charge is 0.417 e. The highest BCUT2D eigenvalue weighted by Crippen LogP contribution is 2.36. The van der Waals surface area contributed by atoms with Gasteiger partial charge in [-0.05, 0) is 43.5 Å². The van der Waals surface area contributed by atoms with Crippen molar-refractivity contribution in [2.75, 3.05) is 16.8 Å². The van der Waals surface area contributed by atoms with Gasteiger partial charge in [-0.2, -0.15) is 13.2 Å². The number of halogens is 3. The predicted octanol–water partition coefficient (Wildman–Crippen LogP) is 3.62. The number of benzene rings is 1. The molecule has 1 fully saturated rings.